The largest absolute Gasteiger partial charge is 0.508 e. The summed E-state index contributed by atoms with van der Waals surface area (Å²) >= 11 is 0. The molecule has 0 bridgehead atoms. The number of carboxylic acids is 1. The average molecular weight is 989 g/mol. The molecule has 0 spiro atoms. The molecule has 1 saturated heterocycles. The van der Waals surface area contributed by atoms with Crippen LogP contribution in [0.25, 0.3) is 34.9 Å². The summed E-state index contributed by atoms with van der Waals surface area (Å²) in [5, 5.41) is 68.2. The first-order valence-corrected chi connectivity index (χ1v) is 24.1. The minimum Gasteiger partial charge on any atom is -0.508 e. The summed E-state index contributed by atoms with van der Waals surface area (Å²) in [5.41, 5.74) is 11.1. The highest BCUT2D eigenvalue weighted by Gasteiger charge is 2.31. The van der Waals surface area contributed by atoms with Gasteiger partial charge in [-0.1, -0.05) is 36.4 Å². The van der Waals surface area contributed by atoms with Gasteiger partial charge in [0, 0.05) is 65.5 Å². The van der Waals surface area contributed by atoms with Gasteiger partial charge in [0.15, 0.2) is 0 Å². The van der Waals surface area contributed by atoms with Crippen LogP contribution in [-0.4, -0.2) is 104 Å². The van der Waals surface area contributed by atoms with Gasteiger partial charge >= 0.3 is 5.97 Å². The number of ketones is 1. The zero-order valence-electron chi connectivity index (χ0n) is 41.0. The Labute approximate surface area is 424 Å². The number of aliphatic carboxylic acids is 1. The number of nitrogens with zero attached hydrogens (tertiary/aromatic N) is 2. The number of benzene rings is 6. The van der Waals surface area contributed by atoms with E-state index in [1.165, 1.54) is 0 Å². The highest BCUT2D eigenvalue weighted by molar-refractivity contribution is 5.88. The minimum atomic E-state index is -0.817. The second kappa shape index (κ2) is 22.9. The van der Waals surface area contributed by atoms with E-state index in [0.717, 1.165) is 74.1 Å². The van der Waals surface area contributed by atoms with Crippen LogP contribution in [0.2, 0.25) is 0 Å². The molecule has 1 atom stereocenters. The summed E-state index contributed by atoms with van der Waals surface area (Å²) in [5.74, 6) is 2.58. The Morgan fingerprint density at radius 1 is 0.575 bits per heavy atom. The van der Waals surface area contributed by atoms with Crippen molar-refractivity contribution in [2.75, 3.05) is 40.5 Å². The molecule has 378 valence electrons. The summed E-state index contributed by atoms with van der Waals surface area (Å²) in [6.07, 6.45) is 9.49. The number of carbonyl (C=O) groups is 2. The summed E-state index contributed by atoms with van der Waals surface area (Å²) in [7, 11) is 3.93. The van der Waals surface area contributed by atoms with Crippen LogP contribution in [-0.2, 0) is 29.1 Å². The number of phenolic OH excluding ortho intramolecular Hbond substituents is 6. The van der Waals surface area contributed by atoms with Gasteiger partial charge in [-0.3, -0.25) is 9.69 Å². The Morgan fingerprint density at radius 2 is 0.973 bits per heavy atom. The average Bonchev–Trinajstić information content (AvgIpc) is 3.84. The Kier molecular flexibility index (Phi) is 16.1. The third-order valence-corrected chi connectivity index (χ3v) is 13.0. The van der Waals surface area contributed by atoms with Crippen LogP contribution >= 0.6 is 0 Å². The number of hydrogen-bond donors (Lipinski definition) is 7. The maximum atomic E-state index is 11.4. The number of phenols is 6. The molecule has 1 unspecified atom stereocenters. The predicted octanol–water partition coefficient (Wildman–Crippen LogP) is 10.1. The van der Waals surface area contributed by atoms with Crippen LogP contribution in [0.15, 0.2) is 109 Å². The van der Waals surface area contributed by atoms with Gasteiger partial charge in [0.25, 0.3) is 0 Å². The van der Waals surface area contributed by atoms with Crippen LogP contribution in [0.3, 0.4) is 0 Å². The molecule has 0 radical (unpaired) electrons. The first kappa shape index (κ1) is 51.2. The van der Waals surface area contributed by atoms with Crippen LogP contribution in [0.5, 0.6) is 51.7 Å². The van der Waals surface area contributed by atoms with Crippen molar-refractivity contribution >= 4 is 46.7 Å². The van der Waals surface area contributed by atoms with Gasteiger partial charge in [-0.25, -0.2) is 0 Å². The molecule has 4 aliphatic heterocycles. The molecule has 14 nitrogen and oxygen atoms in total. The fraction of sp³-hybridized carbons (Fsp3) is 0.254. The van der Waals surface area contributed by atoms with E-state index in [4.69, 9.17) is 14.2 Å². The number of fused-ring (bicyclic) bond motifs is 3. The highest BCUT2D eigenvalue weighted by atomic mass is 16.5. The van der Waals surface area contributed by atoms with Gasteiger partial charge in [-0.15, -0.1) is 0 Å². The lowest BCUT2D eigenvalue weighted by Gasteiger charge is -2.24. The molecule has 6 aromatic carbocycles. The van der Waals surface area contributed by atoms with E-state index in [2.05, 4.69) is 6.08 Å². The van der Waals surface area contributed by atoms with E-state index < -0.39 is 12.0 Å². The maximum Gasteiger partial charge on any atom is 0.320 e. The zero-order valence-corrected chi connectivity index (χ0v) is 41.0. The molecule has 0 aromatic heterocycles. The van der Waals surface area contributed by atoms with Crippen molar-refractivity contribution in [2.24, 2.45) is 0 Å². The van der Waals surface area contributed by atoms with Gasteiger partial charge in [0.05, 0.1) is 0 Å². The van der Waals surface area contributed by atoms with Crippen molar-refractivity contribution in [1.29, 1.82) is 0 Å². The lowest BCUT2D eigenvalue weighted by atomic mass is 9.97. The van der Waals surface area contributed by atoms with Gasteiger partial charge in [0.1, 0.15) is 83.4 Å². The lowest BCUT2D eigenvalue weighted by Crippen LogP contribution is -2.35. The Balaban J connectivity index is 0.000000147. The first-order chi connectivity index (χ1) is 35.1. The van der Waals surface area contributed by atoms with Crippen LogP contribution in [0, 0.1) is 0 Å². The third-order valence-electron chi connectivity index (χ3n) is 13.0. The number of aromatic hydroxyl groups is 6. The molecular formula is C59H60N2O12. The molecule has 7 N–H and O–H groups in total. The molecule has 73 heavy (non-hydrogen) atoms. The summed E-state index contributed by atoms with van der Waals surface area (Å²) in [4.78, 5) is 26.4. The minimum absolute atomic E-state index is 0.117. The number of carbonyl (C=O) groups excluding carboxylic acids is 1. The van der Waals surface area contributed by atoms with Crippen LogP contribution in [0.1, 0.15) is 82.7 Å². The Bertz CT molecular complexity index is 3070. The van der Waals surface area contributed by atoms with E-state index >= 15 is 0 Å². The molecule has 1 fully saturated rings. The molecule has 6 aromatic rings. The van der Waals surface area contributed by atoms with Gasteiger partial charge in [-0.05, 0) is 165 Å². The Hall–Kier alpha value is -8.20. The van der Waals surface area contributed by atoms with E-state index in [1.807, 2.05) is 90.6 Å². The van der Waals surface area contributed by atoms with Crippen molar-refractivity contribution in [1.82, 2.24) is 9.80 Å². The summed E-state index contributed by atoms with van der Waals surface area (Å²) in [6.45, 7) is 4.58. The molecule has 0 aliphatic carbocycles. The fourth-order valence-corrected chi connectivity index (χ4v) is 9.13. The molecular weight excluding hydrogens is 929 g/mol. The fourth-order valence-electron chi connectivity index (χ4n) is 9.13. The smallest absolute Gasteiger partial charge is 0.320 e. The van der Waals surface area contributed by atoms with Gasteiger partial charge in [-0.2, -0.15) is 0 Å². The SMILES string of the molecule is CC(=O)CCCc1cc2c(cc1O)OCC(c1ccc(O)cc1)=C2.CN(C)Cc1cc2c(cc1O)OCC(c1ccc(O)cc1)=C2.O=C(O)C1CCCN1Cc1cc2c(cc1O)OCC(c1ccc(O)cc1)=C2. The summed E-state index contributed by atoms with van der Waals surface area (Å²) < 4.78 is 17.3. The molecule has 10 rings (SSSR count). The number of aryl methyl sites for hydroxylation is 1. The van der Waals surface area contributed by atoms with Crippen LogP contribution < -0.4 is 14.2 Å². The lowest BCUT2D eigenvalue weighted by molar-refractivity contribution is -0.142. The molecule has 4 aliphatic rings. The monoisotopic (exact) mass is 988 g/mol. The second-order valence-corrected chi connectivity index (χ2v) is 18.8. The molecule has 0 amide bonds. The first-order valence-electron chi connectivity index (χ1n) is 24.1. The third kappa shape index (κ3) is 13.0. The van der Waals surface area contributed by atoms with E-state index in [-0.39, 0.29) is 40.3 Å². The van der Waals surface area contributed by atoms with Gasteiger partial charge < -0.3 is 59.7 Å². The number of carboxylic acid groups (broad SMARTS) is 1. The van der Waals surface area contributed by atoms with Crippen molar-refractivity contribution < 1.29 is 59.5 Å². The van der Waals surface area contributed by atoms with Gasteiger partial charge in [0.2, 0.25) is 0 Å². The van der Waals surface area contributed by atoms with E-state index in [1.54, 1.807) is 61.5 Å². The quantitative estimate of drug-likeness (QED) is 0.0609. The topological polar surface area (TPSA) is 210 Å². The van der Waals surface area contributed by atoms with Crippen molar-refractivity contribution in [3.63, 3.8) is 0 Å². The number of ether oxygens (including phenoxy) is 3. The number of likely N-dealkylation sites (tertiary alicyclic amines) is 1. The zero-order chi connectivity index (χ0) is 51.8. The van der Waals surface area contributed by atoms with Crippen molar-refractivity contribution in [3.8, 4) is 51.7 Å². The standard InChI is InChI=1S/C21H21NO5.C20H20O4.C18H19NO3/c23-17-5-3-13(4-6-17)16-9-14-8-15(19(24)10-20(14)27-12-16)11-22-7-1-2-18(22)21(25)26;1-13(21)3-2-4-15-9-16-10-17(12-24-20(16)11-19(15)23)14-5-7-18(22)8-6-14;1-19(2)10-14-7-13-8-15(11-22-18(13)9-17(14)21)12-3-5-16(20)6-4-12/h3-6,8-10,18,23-24H,1-2,7,11-12H2,(H,25,26);5-11,22-23H,2-4,12H2,1H3;3-9,20-21H,10-11H2,1-2H3. The molecule has 0 saturated carbocycles. The summed E-state index contributed by atoms with van der Waals surface area (Å²) in [6, 6.07) is 31.2. The van der Waals surface area contributed by atoms with E-state index in [0.29, 0.717) is 81.5 Å². The number of hydrogen-bond acceptors (Lipinski definition) is 13. The molecule has 4 heterocycles. The second-order valence-electron chi connectivity index (χ2n) is 18.8. The Morgan fingerprint density at radius 3 is 1.38 bits per heavy atom. The normalized spacial score (nSPS) is 15.5. The highest BCUT2D eigenvalue weighted by Crippen LogP contribution is 2.39. The van der Waals surface area contributed by atoms with Crippen molar-refractivity contribution in [2.45, 2.75) is 58.2 Å². The predicted molar refractivity (Wildman–Crippen MR) is 281 cm³/mol. The van der Waals surface area contributed by atoms with Crippen LogP contribution in [0.4, 0.5) is 0 Å². The number of Topliss-reactive ketones (excluding diaryl/α,β-unsaturated/α-hetero) is 1. The number of rotatable bonds is 12. The van der Waals surface area contributed by atoms with Crippen molar-refractivity contribution in [3.05, 3.63) is 159 Å². The maximum absolute atomic E-state index is 11.4. The van der Waals surface area contributed by atoms with E-state index in [9.17, 15) is 45.3 Å². The molecule has 14 heteroatoms.